The molecule has 4 aliphatic rings. The zero-order valence-corrected chi connectivity index (χ0v) is 26.5. The zero-order chi connectivity index (χ0) is 30.9. The van der Waals surface area contributed by atoms with Crippen molar-refractivity contribution in [2.75, 3.05) is 37.5 Å². The van der Waals surface area contributed by atoms with Crippen LogP contribution in [0.15, 0.2) is 59.1 Å². The molecule has 8 nitrogen and oxygen atoms in total. The van der Waals surface area contributed by atoms with Crippen molar-refractivity contribution in [2.24, 2.45) is 11.8 Å². The number of ether oxygens (including phenoxy) is 2. The van der Waals surface area contributed by atoms with Gasteiger partial charge in [0.15, 0.2) is 0 Å². The van der Waals surface area contributed by atoms with Gasteiger partial charge in [0.1, 0.15) is 22.7 Å². The van der Waals surface area contributed by atoms with Crippen LogP contribution >= 0.6 is 27.5 Å². The zero-order valence-electron chi connectivity index (χ0n) is 24.1. The van der Waals surface area contributed by atoms with Gasteiger partial charge in [-0.1, -0.05) is 29.8 Å². The lowest BCUT2D eigenvalue weighted by molar-refractivity contribution is -0.129. The first-order chi connectivity index (χ1) is 21.2. The molecule has 0 bridgehead atoms. The molecule has 0 unspecified atom stereocenters. The standard InChI is InChI=1S/C33H30BrClFN3O5/c1-43-26-13-20(10-11-21(26)31(41)44-2)38-16-25-27(30(38)40)28(22-4-3-5-23(34)29(22)36)33(39(25)15-17-6-7-17)14-18-8-9-19(35)12-24(18)37-32(33)42/h3-5,8-13,17,25,27-28H,6-7,14-16H2,1-2H3,(H,37,42)/t25-,27+,28-,33+/m0/s1. The van der Waals surface area contributed by atoms with Gasteiger partial charge in [-0.3, -0.25) is 14.5 Å². The largest absolute Gasteiger partial charge is 0.496 e. The van der Waals surface area contributed by atoms with Crippen LogP contribution in [-0.2, 0) is 20.7 Å². The molecule has 1 aliphatic carbocycles. The molecule has 2 amide bonds. The maximum absolute atomic E-state index is 16.1. The molecule has 0 radical (unpaired) electrons. The molecule has 7 rings (SSSR count). The molecule has 44 heavy (non-hydrogen) atoms. The predicted molar refractivity (Wildman–Crippen MR) is 167 cm³/mol. The van der Waals surface area contributed by atoms with E-state index in [1.54, 1.807) is 53.4 Å². The lowest BCUT2D eigenvalue weighted by atomic mass is 9.69. The second-order valence-corrected chi connectivity index (χ2v) is 13.3. The van der Waals surface area contributed by atoms with Gasteiger partial charge >= 0.3 is 5.97 Å². The number of amides is 2. The Hall–Kier alpha value is -3.47. The molecular formula is C33H30BrClFN3O5. The third-order valence-electron chi connectivity index (χ3n) is 9.67. The fourth-order valence-electron chi connectivity index (χ4n) is 7.51. The Morgan fingerprint density at radius 3 is 2.66 bits per heavy atom. The van der Waals surface area contributed by atoms with E-state index in [9.17, 15) is 14.4 Å². The molecular weight excluding hydrogens is 653 g/mol. The molecule has 1 N–H and O–H groups in total. The molecule has 3 heterocycles. The van der Waals surface area contributed by atoms with Crippen molar-refractivity contribution < 1.29 is 28.2 Å². The summed E-state index contributed by atoms with van der Waals surface area (Å²) in [5.74, 6) is -2.30. The monoisotopic (exact) mass is 681 g/mol. The summed E-state index contributed by atoms with van der Waals surface area (Å²) in [5, 5.41) is 3.60. The summed E-state index contributed by atoms with van der Waals surface area (Å²) in [6.45, 7) is 0.918. The van der Waals surface area contributed by atoms with Crippen LogP contribution in [0.5, 0.6) is 5.75 Å². The number of halogens is 3. The molecule has 3 aromatic carbocycles. The van der Waals surface area contributed by atoms with Gasteiger partial charge in [-0.05, 0) is 76.1 Å². The number of hydrogen-bond donors (Lipinski definition) is 1. The van der Waals surface area contributed by atoms with Gasteiger partial charge in [0.05, 0.1) is 24.6 Å². The van der Waals surface area contributed by atoms with Gasteiger partial charge in [0.2, 0.25) is 11.8 Å². The Kier molecular flexibility index (Phi) is 7.22. The third-order valence-corrected chi connectivity index (χ3v) is 10.5. The number of carbonyl (C=O) groups is 3. The van der Waals surface area contributed by atoms with E-state index in [1.165, 1.54) is 14.2 Å². The number of anilines is 2. The smallest absolute Gasteiger partial charge is 0.341 e. The van der Waals surface area contributed by atoms with Crippen molar-refractivity contribution in [1.82, 2.24) is 4.90 Å². The van der Waals surface area contributed by atoms with Crippen molar-refractivity contribution in [1.29, 1.82) is 0 Å². The molecule has 4 atom stereocenters. The molecule has 228 valence electrons. The minimum Gasteiger partial charge on any atom is -0.496 e. The van der Waals surface area contributed by atoms with Crippen molar-refractivity contribution >= 4 is 56.7 Å². The maximum Gasteiger partial charge on any atom is 0.341 e. The molecule has 3 fully saturated rings. The Balaban J connectivity index is 1.38. The first-order valence-electron chi connectivity index (χ1n) is 14.6. The highest BCUT2D eigenvalue weighted by atomic mass is 79.9. The number of nitrogens with one attached hydrogen (secondary N) is 1. The summed E-state index contributed by atoms with van der Waals surface area (Å²) in [6, 6.07) is 15.0. The number of carbonyl (C=O) groups excluding carboxylic acids is 3. The number of rotatable bonds is 6. The van der Waals surface area contributed by atoms with Gasteiger partial charge in [-0.25, -0.2) is 9.18 Å². The minimum atomic E-state index is -1.20. The van der Waals surface area contributed by atoms with Crippen molar-refractivity contribution in [2.45, 2.75) is 36.8 Å². The summed E-state index contributed by atoms with van der Waals surface area (Å²) in [5.41, 5.74) is 1.45. The topological polar surface area (TPSA) is 88.2 Å². The maximum atomic E-state index is 16.1. The van der Waals surface area contributed by atoms with Crippen LogP contribution in [0.3, 0.4) is 0 Å². The summed E-state index contributed by atoms with van der Waals surface area (Å²) in [7, 11) is 2.74. The Labute approximate surface area is 267 Å². The predicted octanol–water partition coefficient (Wildman–Crippen LogP) is 5.81. The first-order valence-corrected chi connectivity index (χ1v) is 15.7. The second kappa shape index (κ2) is 10.9. The van der Waals surface area contributed by atoms with E-state index in [-0.39, 0.29) is 33.6 Å². The molecule has 1 saturated carbocycles. The minimum absolute atomic E-state index is 0.209. The van der Waals surface area contributed by atoms with Crippen molar-refractivity contribution in [3.05, 3.63) is 86.6 Å². The molecule has 11 heteroatoms. The average molecular weight is 683 g/mol. The molecule has 0 aromatic heterocycles. The van der Waals surface area contributed by atoms with E-state index in [2.05, 4.69) is 26.1 Å². The summed E-state index contributed by atoms with van der Waals surface area (Å²) < 4.78 is 26.8. The van der Waals surface area contributed by atoms with E-state index < -0.39 is 29.2 Å². The van der Waals surface area contributed by atoms with Crippen LogP contribution in [0, 0.1) is 17.7 Å². The van der Waals surface area contributed by atoms with Crippen LogP contribution in [0.25, 0.3) is 0 Å². The van der Waals surface area contributed by atoms with E-state index in [0.717, 1.165) is 18.4 Å². The van der Waals surface area contributed by atoms with E-state index in [1.807, 2.05) is 6.07 Å². The highest BCUT2D eigenvalue weighted by Gasteiger charge is 2.69. The average Bonchev–Trinajstić information content (AvgIpc) is 3.73. The highest BCUT2D eigenvalue weighted by molar-refractivity contribution is 9.10. The quantitative estimate of drug-likeness (QED) is 0.331. The molecule has 3 aliphatic heterocycles. The van der Waals surface area contributed by atoms with E-state index >= 15 is 4.39 Å². The Morgan fingerprint density at radius 2 is 1.93 bits per heavy atom. The summed E-state index contributed by atoms with van der Waals surface area (Å²) in [6.07, 6.45) is 2.39. The van der Waals surface area contributed by atoms with Crippen LogP contribution in [0.2, 0.25) is 5.02 Å². The van der Waals surface area contributed by atoms with E-state index in [4.69, 9.17) is 21.1 Å². The second-order valence-electron chi connectivity index (χ2n) is 12.0. The number of likely N-dealkylation sites (tertiary alicyclic amines) is 1. The van der Waals surface area contributed by atoms with Crippen LogP contribution in [0.1, 0.15) is 40.2 Å². The third kappa shape index (κ3) is 4.44. The lowest BCUT2D eigenvalue weighted by Gasteiger charge is -2.46. The van der Waals surface area contributed by atoms with Crippen molar-refractivity contribution in [3.63, 3.8) is 0 Å². The van der Waals surface area contributed by atoms with Gasteiger partial charge < -0.3 is 19.7 Å². The SMILES string of the molecule is COC(=O)c1ccc(N2C[C@H]3[C@@H](C2=O)[C@H](c2cccc(Br)c2F)[C@@]2(Cc4ccc(Cl)cc4NC2=O)N3CC2CC2)cc1OC. The highest BCUT2D eigenvalue weighted by Crippen LogP contribution is 2.58. The molecule has 3 aromatic rings. The number of fused-ring (bicyclic) bond motifs is 2. The number of benzene rings is 3. The normalized spacial score (nSPS) is 26.0. The summed E-state index contributed by atoms with van der Waals surface area (Å²) >= 11 is 9.62. The lowest BCUT2D eigenvalue weighted by Crippen LogP contribution is -2.62. The number of nitrogens with zero attached hydrogens (tertiary/aromatic N) is 2. The molecule has 2 saturated heterocycles. The van der Waals surface area contributed by atoms with Gasteiger partial charge in [-0.15, -0.1) is 0 Å². The van der Waals surface area contributed by atoms with Gasteiger partial charge in [-0.2, -0.15) is 0 Å². The fourth-order valence-corrected chi connectivity index (χ4v) is 8.07. The van der Waals surface area contributed by atoms with Crippen LogP contribution in [-0.4, -0.2) is 61.6 Å². The Bertz CT molecular complexity index is 1720. The van der Waals surface area contributed by atoms with Crippen LogP contribution in [0.4, 0.5) is 15.8 Å². The summed E-state index contributed by atoms with van der Waals surface area (Å²) in [4.78, 5) is 45.2. The van der Waals surface area contributed by atoms with Crippen LogP contribution < -0.4 is 15.0 Å². The number of hydrogen-bond acceptors (Lipinski definition) is 6. The fraction of sp³-hybridized carbons (Fsp3) is 0.364. The number of esters is 1. The first kappa shape index (κ1) is 29.3. The Morgan fingerprint density at radius 1 is 1.14 bits per heavy atom. The molecule has 1 spiro atoms. The van der Waals surface area contributed by atoms with Crippen molar-refractivity contribution in [3.8, 4) is 5.75 Å². The number of methoxy groups -OCH3 is 2. The van der Waals surface area contributed by atoms with Gasteiger partial charge in [0, 0.05) is 53.9 Å². The van der Waals surface area contributed by atoms with E-state index in [0.29, 0.717) is 47.4 Å². The van der Waals surface area contributed by atoms with Gasteiger partial charge in [0.25, 0.3) is 0 Å².